The second kappa shape index (κ2) is 7.70. The van der Waals surface area contributed by atoms with Crippen LogP contribution in [0, 0.1) is 0 Å². The standard InChI is InChI=1S/C21H24N2O4/c1-21(2,19(24)25)27-16-10-6-8-15(14-16)9-7-13-23(3)20-22-17-11-4-5-12-18(17)26-20/h4-6,8,10-12,14H,7,9,13H2,1-3H3,(H,24,25). The largest absolute Gasteiger partial charge is 0.478 e. The Morgan fingerprint density at radius 2 is 2.00 bits per heavy atom. The van der Waals surface area contributed by atoms with Crippen molar-refractivity contribution in [3.8, 4) is 5.75 Å². The molecule has 6 nitrogen and oxygen atoms in total. The normalized spacial score (nSPS) is 11.5. The highest BCUT2D eigenvalue weighted by atomic mass is 16.5. The Labute approximate surface area is 158 Å². The summed E-state index contributed by atoms with van der Waals surface area (Å²) in [6.07, 6.45) is 1.75. The molecule has 3 rings (SSSR count). The molecule has 0 aliphatic carbocycles. The number of fused-ring (bicyclic) bond motifs is 1. The highest BCUT2D eigenvalue weighted by Crippen LogP contribution is 2.22. The molecule has 0 saturated carbocycles. The number of hydrogen-bond acceptors (Lipinski definition) is 5. The van der Waals surface area contributed by atoms with Gasteiger partial charge in [-0.25, -0.2) is 4.79 Å². The van der Waals surface area contributed by atoms with Gasteiger partial charge in [-0.2, -0.15) is 4.98 Å². The maximum Gasteiger partial charge on any atom is 0.347 e. The molecule has 0 spiro atoms. The molecule has 6 heteroatoms. The first-order chi connectivity index (χ1) is 12.8. The second-order valence-electron chi connectivity index (χ2n) is 7.05. The number of carboxylic acids is 1. The van der Waals surface area contributed by atoms with E-state index in [1.54, 1.807) is 6.07 Å². The molecule has 1 aromatic heterocycles. The fourth-order valence-corrected chi connectivity index (χ4v) is 2.74. The molecule has 0 amide bonds. The topological polar surface area (TPSA) is 75.8 Å². The van der Waals surface area contributed by atoms with Crippen LogP contribution in [0.4, 0.5) is 6.01 Å². The lowest BCUT2D eigenvalue weighted by atomic mass is 10.1. The molecule has 1 N–H and O–H groups in total. The SMILES string of the molecule is CN(CCCc1cccc(OC(C)(C)C(=O)O)c1)c1nc2ccccc2o1. The fraction of sp³-hybridized carbons (Fsp3) is 0.333. The molecular weight excluding hydrogens is 344 g/mol. The molecule has 0 bridgehead atoms. The number of aliphatic carboxylic acids is 1. The second-order valence-corrected chi connectivity index (χ2v) is 7.05. The number of hydrogen-bond donors (Lipinski definition) is 1. The van der Waals surface area contributed by atoms with Crippen LogP contribution in [-0.4, -0.2) is 35.3 Å². The fourth-order valence-electron chi connectivity index (χ4n) is 2.74. The number of aryl methyl sites for hydroxylation is 1. The lowest BCUT2D eigenvalue weighted by Crippen LogP contribution is -2.37. The van der Waals surface area contributed by atoms with Crippen LogP contribution >= 0.6 is 0 Å². The van der Waals surface area contributed by atoms with Crippen LogP contribution in [-0.2, 0) is 11.2 Å². The van der Waals surface area contributed by atoms with Gasteiger partial charge in [0.25, 0.3) is 6.01 Å². The molecule has 3 aromatic rings. The van der Waals surface area contributed by atoms with Crippen LogP contribution in [0.1, 0.15) is 25.8 Å². The van der Waals surface area contributed by atoms with Crippen LogP contribution in [0.15, 0.2) is 52.9 Å². The van der Waals surface area contributed by atoms with Gasteiger partial charge < -0.3 is 19.2 Å². The van der Waals surface area contributed by atoms with Crippen molar-refractivity contribution < 1.29 is 19.1 Å². The number of para-hydroxylation sites is 2. The van der Waals surface area contributed by atoms with E-state index in [4.69, 9.17) is 9.15 Å². The zero-order valence-electron chi connectivity index (χ0n) is 15.8. The maximum atomic E-state index is 11.2. The molecule has 142 valence electrons. The van der Waals surface area contributed by atoms with Gasteiger partial charge in [-0.15, -0.1) is 0 Å². The van der Waals surface area contributed by atoms with Gasteiger partial charge in [0, 0.05) is 13.6 Å². The van der Waals surface area contributed by atoms with Gasteiger partial charge in [0.2, 0.25) is 0 Å². The lowest BCUT2D eigenvalue weighted by Gasteiger charge is -2.21. The summed E-state index contributed by atoms with van der Waals surface area (Å²) in [4.78, 5) is 17.7. The van der Waals surface area contributed by atoms with E-state index in [9.17, 15) is 9.90 Å². The summed E-state index contributed by atoms with van der Waals surface area (Å²) >= 11 is 0. The Morgan fingerprint density at radius 3 is 2.74 bits per heavy atom. The van der Waals surface area contributed by atoms with Gasteiger partial charge in [0.05, 0.1) is 0 Å². The summed E-state index contributed by atoms with van der Waals surface area (Å²) in [5.74, 6) is -0.430. The van der Waals surface area contributed by atoms with E-state index in [0.717, 1.165) is 36.0 Å². The number of benzene rings is 2. The minimum atomic E-state index is -1.26. The zero-order valence-corrected chi connectivity index (χ0v) is 15.8. The van der Waals surface area contributed by atoms with Crippen molar-refractivity contribution in [2.75, 3.05) is 18.5 Å². The minimum Gasteiger partial charge on any atom is -0.478 e. The minimum absolute atomic E-state index is 0.562. The summed E-state index contributed by atoms with van der Waals surface area (Å²) < 4.78 is 11.4. The Hall–Kier alpha value is -3.02. The van der Waals surface area contributed by atoms with Gasteiger partial charge >= 0.3 is 5.97 Å². The van der Waals surface area contributed by atoms with Crippen molar-refractivity contribution in [3.63, 3.8) is 0 Å². The molecule has 0 atom stereocenters. The molecule has 0 aliphatic rings. The van der Waals surface area contributed by atoms with E-state index < -0.39 is 11.6 Å². The van der Waals surface area contributed by atoms with Crippen LogP contribution < -0.4 is 9.64 Å². The highest BCUT2D eigenvalue weighted by molar-refractivity contribution is 5.76. The molecule has 0 fully saturated rings. The molecule has 2 aromatic carbocycles. The van der Waals surface area contributed by atoms with Crippen molar-refractivity contribution in [1.82, 2.24) is 4.98 Å². The monoisotopic (exact) mass is 368 g/mol. The third-order valence-corrected chi connectivity index (χ3v) is 4.35. The van der Waals surface area contributed by atoms with Crippen molar-refractivity contribution in [2.24, 2.45) is 0 Å². The Morgan fingerprint density at radius 1 is 1.22 bits per heavy atom. The van der Waals surface area contributed by atoms with Gasteiger partial charge in [0.15, 0.2) is 11.2 Å². The quantitative estimate of drug-likeness (QED) is 0.644. The lowest BCUT2D eigenvalue weighted by molar-refractivity contribution is -0.152. The summed E-state index contributed by atoms with van der Waals surface area (Å²) in [7, 11) is 1.96. The average molecular weight is 368 g/mol. The summed E-state index contributed by atoms with van der Waals surface area (Å²) in [6, 6.07) is 15.9. The number of ether oxygens (including phenoxy) is 1. The van der Waals surface area contributed by atoms with Gasteiger partial charge in [-0.1, -0.05) is 24.3 Å². The molecule has 0 radical (unpaired) electrons. The highest BCUT2D eigenvalue weighted by Gasteiger charge is 2.29. The number of nitrogens with zero attached hydrogens (tertiary/aromatic N) is 2. The summed E-state index contributed by atoms with van der Waals surface area (Å²) in [5.41, 5.74) is 1.47. The van der Waals surface area contributed by atoms with Gasteiger partial charge in [-0.3, -0.25) is 0 Å². The first-order valence-electron chi connectivity index (χ1n) is 8.93. The van der Waals surface area contributed by atoms with Crippen molar-refractivity contribution in [3.05, 3.63) is 54.1 Å². The van der Waals surface area contributed by atoms with Crippen molar-refractivity contribution in [2.45, 2.75) is 32.3 Å². The number of rotatable bonds is 8. The van der Waals surface area contributed by atoms with Crippen LogP contribution in [0.5, 0.6) is 5.75 Å². The predicted octanol–water partition coefficient (Wildman–Crippen LogP) is 4.14. The number of anilines is 1. The summed E-state index contributed by atoms with van der Waals surface area (Å²) in [5, 5.41) is 9.19. The van der Waals surface area contributed by atoms with E-state index in [-0.39, 0.29) is 0 Å². The first-order valence-corrected chi connectivity index (χ1v) is 8.93. The molecule has 0 unspecified atom stereocenters. The Bertz CT molecular complexity index is 900. The zero-order chi connectivity index (χ0) is 19.4. The number of carboxylic acid groups (broad SMARTS) is 1. The van der Waals surface area contributed by atoms with Crippen LogP contribution in [0.25, 0.3) is 11.1 Å². The number of carbonyl (C=O) groups is 1. The molecule has 1 heterocycles. The number of aromatic nitrogens is 1. The van der Waals surface area contributed by atoms with Crippen molar-refractivity contribution >= 4 is 23.1 Å². The van der Waals surface area contributed by atoms with Gasteiger partial charge in [0.1, 0.15) is 11.3 Å². The molecule has 0 saturated heterocycles. The third kappa shape index (κ3) is 4.58. The van der Waals surface area contributed by atoms with Crippen LogP contribution in [0.3, 0.4) is 0 Å². The third-order valence-electron chi connectivity index (χ3n) is 4.35. The van der Waals surface area contributed by atoms with E-state index in [1.165, 1.54) is 13.8 Å². The van der Waals surface area contributed by atoms with E-state index in [1.807, 2.05) is 54.4 Å². The van der Waals surface area contributed by atoms with E-state index >= 15 is 0 Å². The first kappa shape index (κ1) is 18.8. The number of oxazole rings is 1. The van der Waals surface area contributed by atoms with E-state index in [2.05, 4.69) is 4.98 Å². The Kier molecular flexibility index (Phi) is 5.35. The predicted molar refractivity (Wildman–Crippen MR) is 104 cm³/mol. The van der Waals surface area contributed by atoms with Gasteiger partial charge in [-0.05, 0) is 56.5 Å². The smallest absolute Gasteiger partial charge is 0.347 e. The van der Waals surface area contributed by atoms with Crippen molar-refractivity contribution in [1.29, 1.82) is 0 Å². The Balaban J connectivity index is 1.57. The maximum absolute atomic E-state index is 11.2. The molecule has 27 heavy (non-hydrogen) atoms. The average Bonchev–Trinajstić information content (AvgIpc) is 3.06. The van der Waals surface area contributed by atoms with E-state index in [0.29, 0.717) is 11.8 Å². The van der Waals surface area contributed by atoms with Crippen LogP contribution in [0.2, 0.25) is 0 Å². The molecule has 0 aliphatic heterocycles. The summed E-state index contributed by atoms with van der Waals surface area (Å²) in [6.45, 7) is 3.87. The molecular formula is C21H24N2O4.